The Labute approximate surface area is 111 Å². The molecule has 0 spiro atoms. The van der Waals surface area contributed by atoms with E-state index in [2.05, 4.69) is 4.98 Å². The highest BCUT2D eigenvalue weighted by Crippen LogP contribution is 2.18. The number of carbonyl (C=O) groups excluding carboxylic acids is 1. The molecule has 1 aromatic rings. The van der Waals surface area contributed by atoms with Gasteiger partial charge in [-0.1, -0.05) is 0 Å². The minimum atomic E-state index is -0.842. The Balaban J connectivity index is 2.03. The zero-order valence-corrected chi connectivity index (χ0v) is 10.7. The Morgan fingerprint density at radius 1 is 1.53 bits per heavy atom. The first-order valence-corrected chi connectivity index (χ1v) is 6.35. The number of nitrogens with zero attached hydrogens (tertiary/aromatic N) is 3. The molecule has 1 amide bonds. The molecule has 0 bridgehead atoms. The summed E-state index contributed by atoms with van der Waals surface area (Å²) in [7, 11) is 0. The Morgan fingerprint density at radius 2 is 2.32 bits per heavy atom. The molecule has 1 saturated heterocycles. The number of carbonyl (C=O) groups is 2. The van der Waals surface area contributed by atoms with Crippen molar-refractivity contribution < 1.29 is 14.7 Å². The van der Waals surface area contributed by atoms with Gasteiger partial charge in [0.1, 0.15) is 5.69 Å². The van der Waals surface area contributed by atoms with E-state index in [1.807, 2.05) is 0 Å². The van der Waals surface area contributed by atoms with Gasteiger partial charge in [-0.05, 0) is 12.8 Å². The minimum Gasteiger partial charge on any atom is -0.481 e. The molecule has 3 N–H and O–H groups in total. The zero-order chi connectivity index (χ0) is 13.8. The SMILES string of the molecule is NCCn1cnc(C(=O)N2CCC[C@@H](C(=O)O)C2)c1. The van der Waals surface area contributed by atoms with Gasteiger partial charge in [0.2, 0.25) is 0 Å². The maximum atomic E-state index is 12.2. The summed E-state index contributed by atoms with van der Waals surface area (Å²) in [6.45, 7) is 1.94. The van der Waals surface area contributed by atoms with Crippen LogP contribution in [0.15, 0.2) is 12.5 Å². The monoisotopic (exact) mass is 266 g/mol. The van der Waals surface area contributed by atoms with Crippen molar-refractivity contribution >= 4 is 11.9 Å². The van der Waals surface area contributed by atoms with Gasteiger partial charge in [0.05, 0.1) is 12.2 Å². The number of hydrogen-bond acceptors (Lipinski definition) is 4. The number of aromatic nitrogens is 2. The maximum Gasteiger partial charge on any atom is 0.308 e. The number of rotatable bonds is 4. The molecule has 104 valence electrons. The first-order valence-electron chi connectivity index (χ1n) is 6.35. The van der Waals surface area contributed by atoms with E-state index in [4.69, 9.17) is 10.8 Å². The van der Waals surface area contributed by atoms with Crippen LogP contribution >= 0.6 is 0 Å². The van der Waals surface area contributed by atoms with E-state index in [1.165, 1.54) is 0 Å². The van der Waals surface area contributed by atoms with Crippen LogP contribution in [-0.4, -0.2) is 51.1 Å². The Morgan fingerprint density at radius 3 is 3.00 bits per heavy atom. The highest BCUT2D eigenvalue weighted by Gasteiger charge is 2.29. The summed E-state index contributed by atoms with van der Waals surface area (Å²) in [6.07, 6.45) is 4.56. The van der Waals surface area contributed by atoms with Gasteiger partial charge in [-0.15, -0.1) is 0 Å². The van der Waals surface area contributed by atoms with Crippen molar-refractivity contribution in [3.8, 4) is 0 Å². The lowest BCUT2D eigenvalue weighted by Gasteiger charge is -2.30. The summed E-state index contributed by atoms with van der Waals surface area (Å²) in [6, 6.07) is 0. The van der Waals surface area contributed by atoms with Crippen LogP contribution in [0.25, 0.3) is 0 Å². The average molecular weight is 266 g/mol. The van der Waals surface area contributed by atoms with E-state index < -0.39 is 11.9 Å². The molecule has 0 radical (unpaired) electrons. The van der Waals surface area contributed by atoms with E-state index in [9.17, 15) is 9.59 Å². The van der Waals surface area contributed by atoms with Crippen LogP contribution in [0.5, 0.6) is 0 Å². The van der Waals surface area contributed by atoms with E-state index in [0.29, 0.717) is 38.2 Å². The van der Waals surface area contributed by atoms with Crippen LogP contribution in [0.4, 0.5) is 0 Å². The fraction of sp³-hybridized carbons (Fsp3) is 0.583. The standard InChI is InChI=1S/C12H18N4O3/c13-3-5-15-7-10(14-8-15)11(17)16-4-1-2-9(6-16)12(18)19/h7-9H,1-6,13H2,(H,18,19)/t9-/m1/s1. The molecule has 7 nitrogen and oxygen atoms in total. The summed E-state index contributed by atoms with van der Waals surface area (Å²) in [4.78, 5) is 28.8. The topological polar surface area (TPSA) is 101 Å². The number of piperidine rings is 1. The average Bonchev–Trinajstić information content (AvgIpc) is 2.87. The lowest BCUT2D eigenvalue weighted by Crippen LogP contribution is -2.42. The van der Waals surface area contributed by atoms with Crippen LogP contribution < -0.4 is 5.73 Å². The lowest BCUT2D eigenvalue weighted by atomic mass is 9.98. The number of carboxylic acid groups (broad SMARTS) is 1. The third kappa shape index (κ3) is 3.11. The van der Waals surface area contributed by atoms with Crippen LogP contribution in [0.2, 0.25) is 0 Å². The molecule has 1 aliphatic heterocycles. The van der Waals surface area contributed by atoms with Gasteiger partial charge in [-0.3, -0.25) is 9.59 Å². The zero-order valence-electron chi connectivity index (χ0n) is 10.7. The van der Waals surface area contributed by atoms with Crippen molar-refractivity contribution in [1.29, 1.82) is 0 Å². The third-order valence-electron chi connectivity index (χ3n) is 3.30. The smallest absolute Gasteiger partial charge is 0.308 e. The number of likely N-dealkylation sites (tertiary alicyclic amines) is 1. The molecule has 1 aliphatic rings. The second kappa shape index (κ2) is 5.83. The number of amides is 1. The summed E-state index contributed by atoms with van der Waals surface area (Å²) < 4.78 is 1.76. The minimum absolute atomic E-state index is 0.207. The highest BCUT2D eigenvalue weighted by atomic mass is 16.4. The maximum absolute atomic E-state index is 12.2. The van der Waals surface area contributed by atoms with Crippen LogP contribution in [-0.2, 0) is 11.3 Å². The predicted octanol–water partition coefficient (Wildman–Crippen LogP) is -0.221. The molecule has 1 aromatic heterocycles. The molecule has 0 unspecified atom stereocenters. The Bertz CT molecular complexity index is 471. The number of imidazole rings is 1. The summed E-state index contributed by atoms with van der Waals surface area (Å²) >= 11 is 0. The molecule has 2 rings (SSSR count). The first kappa shape index (κ1) is 13.5. The quantitative estimate of drug-likeness (QED) is 0.784. The number of aliphatic carboxylic acids is 1. The molecular weight excluding hydrogens is 248 g/mol. The van der Waals surface area contributed by atoms with Crippen molar-refractivity contribution in [2.24, 2.45) is 11.7 Å². The second-order valence-electron chi connectivity index (χ2n) is 4.71. The number of nitrogens with two attached hydrogens (primary N) is 1. The van der Waals surface area contributed by atoms with E-state index in [-0.39, 0.29) is 12.5 Å². The normalized spacial score (nSPS) is 19.4. The van der Waals surface area contributed by atoms with Gasteiger partial charge >= 0.3 is 5.97 Å². The second-order valence-corrected chi connectivity index (χ2v) is 4.71. The number of carboxylic acids is 1. The van der Waals surface area contributed by atoms with Gasteiger partial charge in [-0.2, -0.15) is 0 Å². The molecule has 2 heterocycles. The molecular formula is C12H18N4O3. The van der Waals surface area contributed by atoms with Crippen molar-refractivity contribution in [1.82, 2.24) is 14.5 Å². The lowest BCUT2D eigenvalue weighted by molar-refractivity contribution is -0.143. The fourth-order valence-corrected chi connectivity index (χ4v) is 2.27. The fourth-order valence-electron chi connectivity index (χ4n) is 2.27. The van der Waals surface area contributed by atoms with Gasteiger partial charge in [0.15, 0.2) is 0 Å². The van der Waals surface area contributed by atoms with Crippen LogP contribution in [0.3, 0.4) is 0 Å². The Kier molecular flexibility index (Phi) is 4.16. The highest BCUT2D eigenvalue weighted by molar-refractivity contribution is 5.92. The number of hydrogen-bond donors (Lipinski definition) is 2. The van der Waals surface area contributed by atoms with E-state index >= 15 is 0 Å². The Hall–Kier alpha value is -1.89. The van der Waals surface area contributed by atoms with Crippen molar-refractivity contribution in [2.75, 3.05) is 19.6 Å². The largest absolute Gasteiger partial charge is 0.481 e. The van der Waals surface area contributed by atoms with Crippen molar-refractivity contribution in [3.63, 3.8) is 0 Å². The van der Waals surface area contributed by atoms with Gasteiger partial charge in [0, 0.05) is 32.4 Å². The molecule has 0 aromatic carbocycles. The molecule has 19 heavy (non-hydrogen) atoms. The molecule has 0 aliphatic carbocycles. The van der Waals surface area contributed by atoms with Crippen molar-refractivity contribution in [3.05, 3.63) is 18.2 Å². The molecule has 7 heteroatoms. The summed E-state index contributed by atoms with van der Waals surface area (Å²) in [5, 5.41) is 9.01. The van der Waals surface area contributed by atoms with Crippen LogP contribution in [0.1, 0.15) is 23.3 Å². The molecule has 0 saturated carbocycles. The summed E-state index contributed by atoms with van der Waals surface area (Å²) in [5.41, 5.74) is 5.78. The van der Waals surface area contributed by atoms with Crippen molar-refractivity contribution in [2.45, 2.75) is 19.4 Å². The third-order valence-corrected chi connectivity index (χ3v) is 3.30. The predicted molar refractivity (Wildman–Crippen MR) is 67.5 cm³/mol. The van der Waals surface area contributed by atoms with Crippen LogP contribution in [0, 0.1) is 5.92 Å². The summed E-state index contributed by atoms with van der Waals surface area (Å²) in [5.74, 6) is -1.52. The van der Waals surface area contributed by atoms with E-state index in [1.54, 1.807) is 22.0 Å². The van der Waals surface area contributed by atoms with E-state index in [0.717, 1.165) is 0 Å². The van der Waals surface area contributed by atoms with Gasteiger partial charge < -0.3 is 20.3 Å². The molecule has 1 fully saturated rings. The van der Waals surface area contributed by atoms with Gasteiger partial charge in [0.25, 0.3) is 5.91 Å². The van der Waals surface area contributed by atoms with Gasteiger partial charge in [-0.25, -0.2) is 4.98 Å². The first-order chi connectivity index (χ1) is 9.11. The molecule has 1 atom stereocenters.